The zero-order valence-corrected chi connectivity index (χ0v) is 13.1. The molecule has 0 unspecified atom stereocenters. The minimum absolute atomic E-state index is 0.725. The van der Waals surface area contributed by atoms with Crippen LogP contribution in [0.2, 0.25) is 0 Å². The summed E-state index contributed by atoms with van der Waals surface area (Å²) in [5, 5.41) is 10.6. The highest BCUT2D eigenvalue weighted by Gasteiger charge is 2.18. The Morgan fingerprint density at radius 1 is 1.14 bits per heavy atom. The van der Waals surface area contributed by atoms with E-state index in [4.69, 9.17) is 4.74 Å². The lowest BCUT2D eigenvalue weighted by Gasteiger charge is -2.09. The zero-order valence-electron chi connectivity index (χ0n) is 13.1. The molecule has 22 heavy (non-hydrogen) atoms. The second-order valence-electron chi connectivity index (χ2n) is 5.33. The topological polar surface area (TPSA) is 38.0 Å². The lowest BCUT2D eigenvalue weighted by atomic mass is 10.0. The van der Waals surface area contributed by atoms with Gasteiger partial charge in [0.1, 0.15) is 11.8 Å². The highest BCUT2D eigenvalue weighted by Crippen LogP contribution is 2.35. The van der Waals surface area contributed by atoms with E-state index in [0.717, 1.165) is 40.0 Å². The number of fused-ring (bicyclic) bond motifs is 1. The fourth-order valence-electron chi connectivity index (χ4n) is 2.91. The summed E-state index contributed by atoms with van der Waals surface area (Å²) in [5.74, 6) is 0.805. The van der Waals surface area contributed by atoms with Gasteiger partial charge in [0, 0.05) is 18.0 Å². The van der Waals surface area contributed by atoms with Crippen molar-refractivity contribution < 1.29 is 4.74 Å². The predicted molar refractivity (Wildman–Crippen MR) is 89.1 cm³/mol. The molecule has 1 heterocycles. The molecule has 2 aromatic carbocycles. The molecule has 1 aromatic heterocycles. The van der Waals surface area contributed by atoms with Crippen LogP contribution >= 0.6 is 0 Å². The van der Waals surface area contributed by atoms with E-state index in [9.17, 15) is 5.26 Å². The first-order chi connectivity index (χ1) is 10.7. The van der Waals surface area contributed by atoms with Gasteiger partial charge in [-0.2, -0.15) is 5.26 Å². The highest BCUT2D eigenvalue weighted by atomic mass is 16.5. The number of aryl methyl sites for hydroxylation is 2. The number of nitrogens with zero attached hydrogens (tertiary/aromatic N) is 2. The molecule has 3 rings (SSSR count). The molecule has 0 spiro atoms. The van der Waals surface area contributed by atoms with Crippen LogP contribution in [0.5, 0.6) is 5.75 Å². The minimum Gasteiger partial charge on any atom is -0.497 e. The largest absolute Gasteiger partial charge is 0.497 e. The van der Waals surface area contributed by atoms with E-state index >= 15 is 0 Å². The van der Waals surface area contributed by atoms with Crippen molar-refractivity contribution in [1.82, 2.24) is 4.57 Å². The van der Waals surface area contributed by atoms with Crippen molar-refractivity contribution in [3.63, 3.8) is 0 Å². The summed E-state index contributed by atoms with van der Waals surface area (Å²) in [6.45, 7) is 4.96. The molecular weight excluding hydrogens is 272 g/mol. The van der Waals surface area contributed by atoms with Crippen LogP contribution in [-0.2, 0) is 6.54 Å². The summed E-state index contributed by atoms with van der Waals surface area (Å²) in [6, 6.07) is 16.6. The summed E-state index contributed by atoms with van der Waals surface area (Å²) in [6.07, 6.45) is 0. The summed E-state index contributed by atoms with van der Waals surface area (Å²) < 4.78 is 7.51. The highest BCUT2D eigenvalue weighted by molar-refractivity contribution is 5.95. The Kier molecular flexibility index (Phi) is 3.60. The van der Waals surface area contributed by atoms with Crippen LogP contribution < -0.4 is 4.74 Å². The molecule has 0 amide bonds. The number of nitriles is 1. The third kappa shape index (κ3) is 2.14. The van der Waals surface area contributed by atoms with E-state index in [1.54, 1.807) is 7.11 Å². The quantitative estimate of drug-likeness (QED) is 0.711. The van der Waals surface area contributed by atoms with Gasteiger partial charge in [-0.3, -0.25) is 0 Å². The van der Waals surface area contributed by atoms with E-state index in [-0.39, 0.29) is 0 Å². The van der Waals surface area contributed by atoms with Gasteiger partial charge in [-0.15, -0.1) is 0 Å². The molecule has 3 aromatic rings. The van der Waals surface area contributed by atoms with E-state index in [1.807, 2.05) is 18.2 Å². The Morgan fingerprint density at radius 3 is 2.45 bits per heavy atom. The Balaban J connectivity index is 2.37. The SMILES string of the molecule is CCn1c(-c2ccc(C)cc2)c(C#N)c2ccc(OC)cc21. The van der Waals surface area contributed by atoms with Crippen LogP contribution in [-0.4, -0.2) is 11.7 Å². The van der Waals surface area contributed by atoms with Crippen molar-refractivity contribution in [2.24, 2.45) is 0 Å². The minimum atomic E-state index is 0.725. The molecule has 0 aliphatic carbocycles. The number of rotatable bonds is 3. The fourth-order valence-corrected chi connectivity index (χ4v) is 2.91. The third-order valence-corrected chi connectivity index (χ3v) is 4.02. The van der Waals surface area contributed by atoms with Gasteiger partial charge in [-0.25, -0.2) is 0 Å². The number of hydrogen-bond donors (Lipinski definition) is 0. The van der Waals surface area contributed by atoms with Gasteiger partial charge in [0.15, 0.2) is 0 Å². The van der Waals surface area contributed by atoms with E-state index in [0.29, 0.717) is 0 Å². The van der Waals surface area contributed by atoms with Crippen molar-refractivity contribution in [3.8, 4) is 23.1 Å². The molecule has 0 saturated heterocycles. The van der Waals surface area contributed by atoms with Gasteiger partial charge < -0.3 is 9.30 Å². The predicted octanol–water partition coefficient (Wildman–Crippen LogP) is 4.52. The van der Waals surface area contributed by atoms with Crippen LogP contribution in [0.25, 0.3) is 22.2 Å². The van der Waals surface area contributed by atoms with Crippen LogP contribution in [0.3, 0.4) is 0 Å². The molecule has 0 atom stereocenters. The average molecular weight is 290 g/mol. The van der Waals surface area contributed by atoms with Crippen LogP contribution in [0.1, 0.15) is 18.1 Å². The van der Waals surface area contributed by atoms with Gasteiger partial charge in [-0.05, 0) is 31.5 Å². The monoisotopic (exact) mass is 290 g/mol. The van der Waals surface area contributed by atoms with Gasteiger partial charge in [-0.1, -0.05) is 29.8 Å². The number of ether oxygens (including phenoxy) is 1. The van der Waals surface area contributed by atoms with Crippen molar-refractivity contribution in [3.05, 3.63) is 53.6 Å². The Bertz CT molecular complexity index is 867. The van der Waals surface area contributed by atoms with E-state index in [2.05, 4.69) is 48.7 Å². The average Bonchev–Trinajstić information content (AvgIpc) is 2.87. The lowest BCUT2D eigenvalue weighted by molar-refractivity contribution is 0.415. The van der Waals surface area contributed by atoms with Gasteiger partial charge in [0.25, 0.3) is 0 Å². The second-order valence-corrected chi connectivity index (χ2v) is 5.33. The number of hydrogen-bond acceptors (Lipinski definition) is 2. The lowest BCUT2D eigenvalue weighted by Crippen LogP contribution is -1.97. The van der Waals surface area contributed by atoms with Crippen molar-refractivity contribution >= 4 is 10.9 Å². The maximum atomic E-state index is 9.67. The van der Waals surface area contributed by atoms with Crippen LogP contribution in [0, 0.1) is 18.3 Å². The molecule has 0 aliphatic rings. The third-order valence-electron chi connectivity index (χ3n) is 4.02. The molecule has 0 radical (unpaired) electrons. The van der Waals surface area contributed by atoms with Crippen LogP contribution in [0.4, 0.5) is 0 Å². The number of benzene rings is 2. The number of methoxy groups -OCH3 is 1. The van der Waals surface area contributed by atoms with Crippen molar-refractivity contribution in [2.75, 3.05) is 7.11 Å². The van der Waals surface area contributed by atoms with Gasteiger partial charge in [0.05, 0.1) is 23.9 Å². The first-order valence-corrected chi connectivity index (χ1v) is 7.37. The molecule has 3 heteroatoms. The maximum Gasteiger partial charge on any atom is 0.120 e. The molecule has 0 fully saturated rings. The summed E-state index contributed by atoms with van der Waals surface area (Å²) >= 11 is 0. The van der Waals surface area contributed by atoms with Gasteiger partial charge >= 0.3 is 0 Å². The molecule has 0 N–H and O–H groups in total. The maximum absolute atomic E-state index is 9.67. The summed E-state index contributed by atoms with van der Waals surface area (Å²) in [5.41, 5.74) is 5.02. The standard InChI is InChI=1S/C19H18N2O/c1-4-21-18-11-15(22-3)9-10-16(18)17(12-20)19(21)14-7-5-13(2)6-8-14/h5-11H,4H2,1-3H3. The Morgan fingerprint density at radius 2 is 1.86 bits per heavy atom. The van der Waals surface area contributed by atoms with E-state index in [1.165, 1.54) is 5.56 Å². The first kappa shape index (κ1) is 14.2. The van der Waals surface area contributed by atoms with E-state index < -0.39 is 0 Å². The van der Waals surface area contributed by atoms with Crippen LogP contribution in [0.15, 0.2) is 42.5 Å². The Hall–Kier alpha value is -2.73. The van der Waals surface area contributed by atoms with Crippen molar-refractivity contribution in [1.29, 1.82) is 5.26 Å². The molecule has 0 aliphatic heterocycles. The first-order valence-electron chi connectivity index (χ1n) is 7.37. The summed E-state index contributed by atoms with van der Waals surface area (Å²) in [7, 11) is 1.66. The number of aromatic nitrogens is 1. The fraction of sp³-hybridized carbons (Fsp3) is 0.211. The second kappa shape index (κ2) is 5.57. The Labute approximate surface area is 130 Å². The van der Waals surface area contributed by atoms with Crippen molar-refractivity contribution in [2.45, 2.75) is 20.4 Å². The molecular formula is C19H18N2O. The van der Waals surface area contributed by atoms with Gasteiger partial charge in [0.2, 0.25) is 0 Å². The molecule has 110 valence electrons. The molecule has 3 nitrogen and oxygen atoms in total. The molecule has 0 bridgehead atoms. The summed E-state index contributed by atoms with van der Waals surface area (Å²) in [4.78, 5) is 0. The zero-order chi connectivity index (χ0) is 15.7. The normalized spacial score (nSPS) is 10.6. The smallest absolute Gasteiger partial charge is 0.120 e. The molecule has 0 saturated carbocycles.